The van der Waals surface area contributed by atoms with Gasteiger partial charge < -0.3 is 4.90 Å². The Kier molecular flexibility index (Phi) is 3.44. The Balaban J connectivity index is 2.11. The summed E-state index contributed by atoms with van der Waals surface area (Å²) in [6.45, 7) is 2.70. The lowest BCUT2D eigenvalue weighted by Gasteiger charge is -2.20. The van der Waals surface area contributed by atoms with Gasteiger partial charge >= 0.3 is 0 Å². The van der Waals surface area contributed by atoms with Crippen molar-refractivity contribution in [3.05, 3.63) is 36.7 Å². The summed E-state index contributed by atoms with van der Waals surface area (Å²) in [5.74, 6) is -0.0361. The third-order valence-corrected chi connectivity index (χ3v) is 2.37. The number of rotatable bonds is 4. The van der Waals surface area contributed by atoms with E-state index in [1.807, 2.05) is 37.3 Å². The first-order valence-corrected chi connectivity index (χ1v) is 5.37. The summed E-state index contributed by atoms with van der Waals surface area (Å²) in [6.07, 6.45) is 1.43. The number of tetrazole rings is 1. The van der Waals surface area contributed by atoms with Crippen molar-refractivity contribution in [2.24, 2.45) is 0 Å². The highest BCUT2D eigenvalue weighted by atomic mass is 16.2. The molecule has 17 heavy (non-hydrogen) atoms. The molecule has 0 atom stereocenters. The molecular weight excluding hydrogens is 218 g/mol. The van der Waals surface area contributed by atoms with Crippen molar-refractivity contribution in [2.45, 2.75) is 13.5 Å². The van der Waals surface area contributed by atoms with Gasteiger partial charge in [0, 0.05) is 12.2 Å². The molecule has 1 amide bonds. The summed E-state index contributed by atoms with van der Waals surface area (Å²) >= 11 is 0. The lowest BCUT2D eigenvalue weighted by molar-refractivity contribution is -0.119. The minimum Gasteiger partial charge on any atom is -0.311 e. The number of hydrogen-bond donors (Lipinski definition) is 0. The molecule has 1 aromatic heterocycles. The molecule has 0 fully saturated rings. The van der Waals surface area contributed by atoms with Gasteiger partial charge in [0.2, 0.25) is 5.91 Å². The van der Waals surface area contributed by atoms with Gasteiger partial charge in [-0.2, -0.15) is 0 Å². The zero-order valence-corrected chi connectivity index (χ0v) is 9.52. The van der Waals surface area contributed by atoms with Gasteiger partial charge in [-0.15, -0.1) is 5.10 Å². The van der Waals surface area contributed by atoms with Crippen LogP contribution in [0.4, 0.5) is 5.69 Å². The highest BCUT2D eigenvalue weighted by Gasteiger charge is 2.14. The van der Waals surface area contributed by atoms with E-state index < -0.39 is 0 Å². The number of carbonyl (C=O) groups is 1. The van der Waals surface area contributed by atoms with Crippen molar-refractivity contribution in [1.29, 1.82) is 0 Å². The number of benzene rings is 1. The summed E-state index contributed by atoms with van der Waals surface area (Å²) < 4.78 is 1.41. The standard InChI is InChI=1S/C11H13N5O/c1-2-16(10-6-4-3-5-7-10)11(17)8-15-9-12-13-14-15/h3-7,9H,2,8H2,1H3. The quantitative estimate of drug-likeness (QED) is 0.778. The SMILES string of the molecule is CCN(C(=O)Cn1cnnn1)c1ccccc1. The van der Waals surface area contributed by atoms with E-state index in [4.69, 9.17) is 0 Å². The van der Waals surface area contributed by atoms with Gasteiger partial charge in [-0.05, 0) is 29.5 Å². The van der Waals surface area contributed by atoms with Gasteiger partial charge in [0.25, 0.3) is 0 Å². The Hall–Kier alpha value is -2.24. The number of aromatic nitrogens is 4. The fourth-order valence-electron chi connectivity index (χ4n) is 1.59. The van der Waals surface area contributed by atoms with E-state index in [0.717, 1.165) is 5.69 Å². The number of para-hydroxylation sites is 1. The third kappa shape index (κ3) is 2.66. The highest BCUT2D eigenvalue weighted by molar-refractivity contribution is 5.92. The minimum atomic E-state index is -0.0361. The molecule has 0 N–H and O–H groups in total. The van der Waals surface area contributed by atoms with Crippen molar-refractivity contribution >= 4 is 11.6 Å². The number of carbonyl (C=O) groups excluding carboxylic acids is 1. The highest BCUT2D eigenvalue weighted by Crippen LogP contribution is 2.13. The van der Waals surface area contributed by atoms with Gasteiger partial charge in [-0.3, -0.25) is 4.79 Å². The maximum Gasteiger partial charge on any atom is 0.248 e. The van der Waals surface area contributed by atoms with Crippen LogP contribution in [0, 0.1) is 0 Å². The van der Waals surface area contributed by atoms with Crippen LogP contribution in [0.25, 0.3) is 0 Å². The van der Waals surface area contributed by atoms with Gasteiger partial charge in [-0.25, -0.2) is 4.68 Å². The van der Waals surface area contributed by atoms with Crippen molar-refractivity contribution in [2.75, 3.05) is 11.4 Å². The molecule has 6 heteroatoms. The fourth-order valence-corrected chi connectivity index (χ4v) is 1.59. The molecule has 0 radical (unpaired) electrons. The molecule has 0 spiro atoms. The van der Waals surface area contributed by atoms with Gasteiger partial charge in [0.15, 0.2) is 0 Å². The summed E-state index contributed by atoms with van der Waals surface area (Å²) in [5, 5.41) is 10.7. The Morgan fingerprint density at radius 3 is 2.71 bits per heavy atom. The van der Waals surface area contributed by atoms with Crippen molar-refractivity contribution in [1.82, 2.24) is 20.2 Å². The van der Waals surface area contributed by atoms with E-state index in [-0.39, 0.29) is 12.5 Å². The summed E-state index contributed by atoms with van der Waals surface area (Å²) in [5.41, 5.74) is 0.882. The van der Waals surface area contributed by atoms with Crippen LogP contribution >= 0.6 is 0 Å². The molecule has 88 valence electrons. The molecule has 2 aromatic rings. The van der Waals surface area contributed by atoms with Crippen LogP contribution in [0.1, 0.15) is 6.92 Å². The average Bonchev–Trinajstić information content (AvgIpc) is 2.84. The monoisotopic (exact) mass is 231 g/mol. The number of hydrogen-bond acceptors (Lipinski definition) is 4. The number of amides is 1. The van der Waals surface area contributed by atoms with E-state index in [1.54, 1.807) is 4.90 Å². The van der Waals surface area contributed by atoms with Crippen LogP contribution < -0.4 is 4.90 Å². The number of nitrogens with zero attached hydrogens (tertiary/aromatic N) is 5. The molecule has 1 aromatic carbocycles. The Labute approximate surface area is 98.9 Å². The predicted octanol–water partition coefficient (Wildman–Crippen LogP) is 0.726. The topological polar surface area (TPSA) is 63.9 Å². The van der Waals surface area contributed by atoms with E-state index >= 15 is 0 Å². The minimum absolute atomic E-state index is 0.0361. The van der Waals surface area contributed by atoms with Crippen molar-refractivity contribution < 1.29 is 4.79 Å². The zero-order chi connectivity index (χ0) is 12.1. The van der Waals surface area contributed by atoms with Crippen LogP contribution in [0.15, 0.2) is 36.7 Å². The second-order valence-corrected chi connectivity index (χ2v) is 3.48. The molecule has 0 unspecified atom stereocenters. The maximum absolute atomic E-state index is 12.1. The number of anilines is 1. The Bertz CT molecular complexity index is 468. The second kappa shape index (κ2) is 5.20. The predicted molar refractivity (Wildman–Crippen MR) is 62.3 cm³/mol. The smallest absolute Gasteiger partial charge is 0.248 e. The fraction of sp³-hybridized carbons (Fsp3) is 0.273. The number of likely N-dealkylation sites (N-methyl/N-ethyl adjacent to an activating group) is 1. The van der Waals surface area contributed by atoms with Crippen molar-refractivity contribution in [3.8, 4) is 0 Å². The summed E-state index contributed by atoms with van der Waals surface area (Å²) in [7, 11) is 0. The van der Waals surface area contributed by atoms with Crippen LogP contribution in [-0.4, -0.2) is 32.7 Å². The summed E-state index contributed by atoms with van der Waals surface area (Å²) in [6, 6.07) is 9.54. The molecule has 6 nitrogen and oxygen atoms in total. The molecule has 0 aliphatic rings. The Morgan fingerprint density at radius 1 is 1.35 bits per heavy atom. The third-order valence-electron chi connectivity index (χ3n) is 2.37. The molecular formula is C11H13N5O. The molecule has 1 heterocycles. The molecule has 0 saturated carbocycles. The lowest BCUT2D eigenvalue weighted by atomic mass is 10.3. The molecule has 0 aliphatic carbocycles. The van der Waals surface area contributed by atoms with Crippen molar-refractivity contribution in [3.63, 3.8) is 0 Å². The summed E-state index contributed by atoms with van der Waals surface area (Å²) in [4.78, 5) is 13.7. The van der Waals surface area contributed by atoms with E-state index in [2.05, 4.69) is 15.5 Å². The zero-order valence-electron chi connectivity index (χ0n) is 9.52. The second-order valence-electron chi connectivity index (χ2n) is 3.48. The normalized spacial score (nSPS) is 10.2. The molecule has 2 rings (SSSR count). The van der Waals surface area contributed by atoms with E-state index in [1.165, 1.54) is 11.0 Å². The first kappa shape index (κ1) is 11.3. The average molecular weight is 231 g/mol. The van der Waals surface area contributed by atoms with E-state index in [9.17, 15) is 4.79 Å². The first-order chi connectivity index (χ1) is 8.31. The van der Waals surface area contributed by atoms with Gasteiger partial charge in [-0.1, -0.05) is 18.2 Å². The largest absolute Gasteiger partial charge is 0.311 e. The van der Waals surface area contributed by atoms with Crippen LogP contribution in [0.3, 0.4) is 0 Å². The maximum atomic E-state index is 12.1. The van der Waals surface area contributed by atoms with Crippen LogP contribution in [0.5, 0.6) is 0 Å². The molecule has 0 aliphatic heterocycles. The first-order valence-electron chi connectivity index (χ1n) is 5.37. The molecule has 0 bridgehead atoms. The Morgan fingerprint density at radius 2 is 2.12 bits per heavy atom. The lowest BCUT2D eigenvalue weighted by Crippen LogP contribution is -2.33. The van der Waals surface area contributed by atoms with Crippen LogP contribution in [0.2, 0.25) is 0 Å². The van der Waals surface area contributed by atoms with Crippen LogP contribution in [-0.2, 0) is 11.3 Å². The van der Waals surface area contributed by atoms with Gasteiger partial charge in [0.05, 0.1) is 0 Å². The molecule has 0 saturated heterocycles. The van der Waals surface area contributed by atoms with Gasteiger partial charge in [0.1, 0.15) is 12.9 Å². The van der Waals surface area contributed by atoms with E-state index in [0.29, 0.717) is 6.54 Å².